The van der Waals surface area contributed by atoms with Gasteiger partial charge in [-0.25, -0.2) is 0 Å². The molecule has 118 valence electrons. The molecule has 0 N–H and O–H groups in total. The van der Waals surface area contributed by atoms with Crippen LogP contribution in [-0.2, 0) is 10.2 Å². The van der Waals surface area contributed by atoms with Crippen molar-refractivity contribution in [3.8, 4) is 0 Å². The van der Waals surface area contributed by atoms with Crippen LogP contribution >= 0.6 is 0 Å². The molecule has 2 unspecified atom stereocenters. The summed E-state index contributed by atoms with van der Waals surface area (Å²) in [6.07, 6.45) is 7.94. The van der Waals surface area contributed by atoms with E-state index in [1.54, 1.807) is 6.92 Å². The van der Waals surface area contributed by atoms with Crippen molar-refractivity contribution in [2.45, 2.75) is 78.1 Å². The third kappa shape index (κ3) is 4.98. The molecule has 0 bridgehead atoms. The van der Waals surface area contributed by atoms with Gasteiger partial charge in [0.2, 0.25) is 0 Å². The van der Waals surface area contributed by atoms with Gasteiger partial charge in [-0.15, -0.1) is 0 Å². The Hall–Kier alpha value is -1.11. The van der Waals surface area contributed by atoms with Gasteiger partial charge in [-0.2, -0.15) is 0 Å². The van der Waals surface area contributed by atoms with Crippen molar-refractivity contribution in [2.24, 2.45) is 5.92 Å². The minimum absolute atomic E-state index is 0.0234. The number of Topliss-reactive ketones (excluding diaryl/α,β-unsaturated/α-hetero) is 1. The molecule has 1 rings (SSSR count). The van der Waals surface area contributed by atoms with Crippen LogP contribution < -0.4 is 0 Å². The molecule has 0 aromatic heterocycles. The second-order valence-corrected chi connectivity index (χ2v) is 6.55. The third-order valence-electron chi connectivity index (χ3n) is 4.79. The van der Waals surface area contributed by atoms with Gasteiger partial charge in [0.25, 0.3) is 0 Å². The van der Waals surface area contributed by atoms with Crippen LogP contribution in [0.1, 0.15) is 78.2 Å². The zero-order chi connectivity index (χ0) is 15.7. The predicted molar refractivity (Wildman–Crippen MR) is 91.6 cm³/mol. The summed E-state index contributed by atoms with van der Waals surface area (Å²) in [5, 5.41) is 0. The number of unbranched alkanes of at least 4 members (excludes halogenated alkanes) is 2. The minimum atomic E-state index is 0.0234. The van der Waals surface area contributed by atoms with E-state index in [1.807, 2.05) is 0 Å². The Balaban J connectivity index is 3.08. The zero-order valence-corrected chi connectivity index (χ0v) is 14.3. The first kappa shape index (κ1) is 17.9. The number of carbonyl (C=O) groups excluding carboxylic acids is 1. The molecule has 1 nitrogen and oxygen atoms in total. The van der Waals surface area contributed by atoms with E-state index < -0.39 is 0 Å². The number of carbonyl (C=O) groups is 1. The molecule has 0 spiro atoms. The Bertz CT molecular complexity index is 409. The molecular weight excluding hydrogens is 256 g/mol. The molecule has 0 aliphatic heterocycles. The molecule has 0 fully saturated rings. The number of rotatable bonds is 10. The maximum atomic E-state index is 11.9. The van der Waals surface area contributed by atoms with Gasteiger partial charge in [0.05, 0.1) is 0 Å². The SMILES string of the molecule is CCCCCC(C)C(CCC)(CC(C)=O)c1ccccc1. The summed E-state index contributed by atoms with van der Waals surface area (Å²) >= 11 is 0. The van der Waals surface area contributed by atoms with Gasteiger partial charge in [-0.05, 0) is 31.2 Å². The smallest absolute Gasteiger partial charge is 0.130 e. The first-order valence-electron chi connectivity index (χ1n) is 8.61. The lowest BCUT2D eigenvalue weighted by atomic mass is 9.64. The normalized spacial score (nSPS) is 15.4. The van der Waals surface area contributed by atoms with Crippen LogP contribution in [0.3, 0.4) is 0 Å². The molecule has 2 atom stereocenters. The summed E-state index contributed by atoms with van der Waals surface area (Å²) in [5.41, 5.74) is 1.38. The molecule has 0 saturated heterocycles. The van der Waals surface area contributed by atoms with Gasteiger partial charge in [0.15, 0.2) is 0 Å². The second-order valence-electron chi connectivity index (χ2n) is 6.55. The van der Waals surface area contributed by atoms with Crippen LogP contribution in [0.2, 0.25) is 0 Å². The molecule has 1 aromatic rings. The Morgan fingerprint density at radius 1 is 1.10 bits per heavy atom. The van der Waals surface area contributed by atoms with Crippen LogP contribution in [0.4, 0.5) is 0 Å². The molecule has 1 heteroatoms. The van der Waals surface area contributed by atoms with Crippen molar-refractivity contribution in [1.29, 1.82) is 0 Å². The highest BCUT2D eigenvalue weighted by atomic mass is 16.1. The summed E-state index contributed by atoms with van der Waals surface area (Å²) in [6, 6.07) is 10.7. The number of benzene rings is 1. The molecule has 0 heterocycles. The first-order valence-corrected chi connectivity index (χ1v) is 8.61. The van der Waals surface area contributed by atoms with Crippen molar-refractivity contribution in [3.05, 3.63) is 35.9 Å². The first-order chi connectivity index (χ1) is 10.1. The van der Waals surface area contributed by atoms with Gasteiger partial charge in [-0.1, -0.05) is 76.8 Å². The zero-order valence-electron chi connectivity index (χ0n) is 14.3. The van der Waals surface area contributed by atoms with Crippen LogP contribution in [0.25, 0.3) is 0 Å². The molecule has 0 radical (unpaired) electrons. The summed E-state index contributed by atoms with van der Waals surface area (Å²) in [5.74, 6) is 0.866. The van der Waals surface area contributed by atoms with Gasteiger partial charge < -0.3 is 0 Å². The van der Waals surface area contributed by atoms with Gasteiger partial charge in [0, 0.05) is 11.8 Å². The molecule has 21 heavy (non-hydrogen) atoms. The Kier molecular flexibility index (Phi) is 7.71. The predicted octanol–water partition coefficient (Wildman–Crippen LogP) is 5.92. The van der Waals surface area contributed by atoms with E-state index in [-0.39, 0.29) is 5.41 Å². The average molecular weight is 288 g/mol. The van der Waals surface area contributed by atoms with E-state index in [1.165, 1.54) is 31.2 Å². The highest BCUT2D eigenvalue weighted by Crippen LogP contribution is 2.42. The Labute approximate surface area is 131 Å². The third-order valence-corrected chi connectivity index (χ3v) is 4.79. The fourth-order valence-electron chi connectivity index (χ4n) is 3.68. The standard InChI is InChI=1S/C20H32O/c1-5-7-9-12-17(3)20(15-6-2,16-18(4)21)19-13-10-8-11-14-19/h8,10-11,13-14,17H,5-7,9,12,15-16H2,1-4H3. The maximum Gasteiger partial charge on any atom is 0.130 e. The lowest BCUT2D eigenvalue weighted by Crippen LogP contribution is -2.36. The van der Waals surface area contributed by atoms with Crippen LogP contribution in [0, 0.1) is 5.92 Å². The quantitative estimate of drug-likeness (QED) is 0.488. The number of hydrogen-bond acceptors (Lipinski definition) is 1. The van der Waals surface area contributed by atoms with E-state index in [0.29, 0.717) is 18.1 Å². The summed E-state index contributed by atoms with van der Waals surface area (Å²) in [4.78, 5) is 11.9. The largest absolute Gasteiger partial charge is 0.300 e. The summed E-state index contributed by atoms with van der Waals surface area (Å²) in [7, 11) is 0. The van der Waals surface area contributed by atoms with E-state index in [2.05, 4.69) is 51.1 Å². The van der Waals surface area contributed by atoms with E-state index in [4.69, 9.17) is 0 Å². The lowest BCUT2D eigenvalue weighted by molar-refractivity contribution is -0.118. The van der Waals surface area contributed by atoms with Crippen molar-refractivity contribution < 1.29 is 4.79 Å². The molecule has 1 aromatic carbocycles. The fourth-order valence-corrected chi connectivity index (χ4v) is 3.68. The highest BCUT2D eigenvalue weighted by molar-refractivity contribution is 5.77. The Morgan fingerprint density at radius 3 is 2.29 bits per heavy atom. The molecule has 0 saturated carbocycles. The van der Waals surface area contributed by atoms with Crippen LogP contribution in [0.5, 0.6) is 0 Å². The minimum Gasteiger partial charge on any atom is -0.300 e. The second kappa shape index (κ2) is 9.02. The molecular formula is C20H32O. The Morgan fingerprint density at radius 2 is 1.76 bits per heavy atom. The van der Waals surface area contributed by atoms with Crippen molar-refractivity contribution >= 4 is 5.78 Å². The van der Waals surface area contributed by atoms with Gasteiger partial charge in [0.1, 0.15) is 5.78 Å². The summed E-state index contributed by atoms with van der Waals surface area (Å²) in [6.45, 7) is 8.57. The number of ketones is 1. The van der Waals surface area contributed by atoms with E-state index >= 15 is 0 Å². The van der Waals surface area contributed by atoms with Crippen molar-refractivity contribution in [2.75, 3.05) is 0 Å². The highest BCUT2D eigenvalue weighted by Gasteiger charge is 2.37. The summed E-state index contributed by atoms with van der Waals surface area (Å²) < 4.78 is 0. The van der Waals surface area contributed by atoms with Gasteiger partial charge in [-0.3, -0.25) is 4.79 Å². The molecule has 0 aliphatic carbocycles. The van der Waals surface area contributed by atoms with E-state index in [0.717, 1.165) is 12.8 Å². The fraction of sp³-hybridized carbons (Fsp3) is 0.650. The topological polar surface area (TPSA) is 17.1 Å². The van der Waals surface area contributed by atoms with Crippen molar-refractivity contribution in [3.63, 3.8) is 0 Å². The lowest BCUT2D eigenvalue weighted by Gasteiger charge is -2.40. The average Bonchev–Trinajstić information content (AvgIpc) is 2.47. The molecule has 0 aliphatic rings. The van der Waals surface area contributed by atoms with Crippen LogP contribution in [-0.4, -0.2) is 5.78 Å². The monoisotopic (exact) mass is 288 g/mol. The maximum absolute atomic E-state index is 11.9. The number of hydrogen-bond donors (Lipinski definition) is 0. The van der Waals surface area contributed by atoms with Gasteiger partial charge >= 0.3 is 0 Å². The van der Waals surface area contributed by atoms with Crippen molar-refractivity contribution in [1.82, 2.24) is 0 Å². The van der Waals surface area contributed by atoms with E-state index in [9.17, 15) is 4.79 Å². The molecule has 0 amide bonds. The van der Waals surface area contributed by atoms with Crippen LogP contribution in [0.15, 0.2) is 30.3 Å².